The molecule has 1 N–H and O–H groups in total. The lowest BCUT2D eigenvalue weighted by atomic mass is 10.2. The first-order valence-electron chi connectivity index (χ1n) is 6.33. The van der Waals surface area contributed by atoms with Gasteiger partial charge in [0.25, 0.3) is 0 Å². The minimum atomic E-state index is 0.376. The number of halogens is 2. The molecule has 0 radical (unpaired) electrons. The zero-order valence-electron chi connectivity index (χ0n) is 11.4. The second-order valence-corrected chi connectivity index (χ2v) is 6.10. The van der Waals surface area contributed by atoms with Gasteiger partial charge in [-0.2, -0.15) is 0 Å². The maximum atomic E-state index is 5.79. The van der Waals surface area contributed by atoms with Crippen molar-refractivity contribution in [1.29, 1.82) is 0 Å². The van der Waals surface area contributed by atoms with E-state index < -0.39 is 0 Å². The van der Waals surface area contributed by atoms with Gasteiger partial charge in [-0.3, -0.25) is 0 Å². The van der Waals surface area contributed by atoms with Crippen molar-refractivity contribution in [3.8, 4) is 5.75 Å². The molecule has 6 heteroatoms. The number of hydrogen-bond acceptors (Lipinski definition) is 4. The summed E-state index contributed by atoms with van der Waals surface area (Å²) in [5.41, 5.74) is 1.97. The van der Waals surface area contributed by atoms with Gasteiger partial charge in [-0.15, -0.1) is 0 Å². The van der Waals surface area contributed by atoms with E-state index in [1.807, 2.05) is 13.0 Å². The molecule has 0 fully saturated rings. The lowest BCUT2D eigenvalue weighted by Crippen LogP contribution is -2.11. The number of benzene rings is 1. The molecule has 1 aromatic carbocycles. The maximum Gasteiger partial charge on any atom is 0.148 e. The highest BCUT2D eigenvalue weighted by Gasteiger charge is 2.10. The third kappa shape index (κ3) is 4.07. The van der Waals surface area contributed by atoms with Crippen LogP contribution < -0.4 is 10.1 Å². The molecule has 0 saturated carbocycles. The van der Waals surface area contributed by atoms with Crippen molar-refractivity contribution in [2.45, 2.75) is 27.0 Å². The monoisotopic (exact) mass is 402 g/mol. The molecule has 0 bridgehead atoms. The van der Waals surface area contributed by atoms with Gasteiger partial charge in [0.05, 0.1) is 8.95 Å². The Morgan fingerprint density at radius 2 is 1.95 bits per heavy atom. The highest BCUT2D eigenvalue weighted by atomic mass is 79.9. The predicted molar refractivity (Wildman–Crippen MR) is 84.8 cm³/mol. The van der Waals surface area contributed by atoms with Crippen LogP contribution in [0.4, 0.5) is 0 Å². The summed E-state index contributed by atoms with van der Waals surface area (Å²) in [5.74, 6) is 1.55. The first kappa shape index (κ1) is 15.5. The molecule has 0 aliphatic heterocycles. The van der Waals surface area contributed by atoms with Crippen LogP contribution in [0.3, 0.4) is 0 Å². The van der Waals surface area contributed by atoms with Crippen LogP contribution in [0.15, 0.2) is 31.7 Å². The summed E-state index contributed by atoms with van der Waals surface area (Å²) < 4.78 is 12.6. The maximum absolute atomic E-state index is 5.79. The van der Waals surface area contributed by atoms with Crippen molar-refractivity contribution >= 4 is 31.9 Å². The molecule has 0 aliphatic carbocycles. The van der Waals surface area contributed by atoms with Crippen molar-refractivity contribution in [3.05, 3.63) is 44.2 Å². The third-order valence-electron chi connectivity index (χ3n) is 2.68. The number of aromatic nitrogens is 1. The van der Waals surface area contributed by atoms with Gasteiger partial charge in [0.1, 0.15) is 23.8 Å². The fourth-order valence-corrected chi connectivity index (χ4v) is 3.26. The lowest BCUT2D eigenvalue weighted by molar-refractivity contribution is 0.284. The molecule has 20 heavy (non-hydrogen) atoms. The predicted octanol–water partition coefficient (Wildman–Crippen LogP) is 4.20. The smallest absolute Gasteiger partial charge is 0.148 e. The molecule has 0 aliphatic rings. The molecule has 0 unspecified atom stereocenters. The summed E-state index contributed by atoms with van der Waals surface area (Å²) >= 11 is 7.08. The van der Waals surface area contributed by atoms with Gasteiger partial charge < -0.3 is 14.6 Å². The summed E-state index contributed by atoms with van der Waals surface area (Å²) in [7, 11) is 0. The molecule has 2 aromatic rings. The first-order valence-corrected chi connectivity index (χ1v) is 7.92. The summed E-state index contributed by atoms with van der Waals surface area (Å²) in [6.45, 7) is 6.09. The van der Waals surface area contributed by atoms with Crippen LogP contribution in [-0.4, -0.2) is 11.7 Å². The van der Waals surface area contributed by atoms with E-state index in [1.54, 1.807) is 0 Å². The van der Waals surface area contributed by atoms with Crippen molar-refractivity contribution < 1.29 is 9.26 Å². The topological polar surface area (TPSA) is 47.3 Å². The van der Waals surface area contributed by atoms with E-state index in [9.17, 15) is 0 Å². The molecule has 4 nitrogen and oxygen atoms in total. The van der Waals surface area contributed by atoms with Gasteiger partial charge in [-0.25, -0.2) is 0 Å². The molecular weight excluding hydrogens is 388 g/mol. The average molecular weight is 404 g/mol. The van der Waals surface area contributed by atoms with E-state index in [0.717, 1.165) is 39.2 Å². The van der Waals surface area contributed by atoms with E-state index in [4.69, 9.17) is 9.26 Å². The number of rotatable bonds is 6. The van der Waals surface area contributed by atoms with Crippen LogP contribution in [0.2, 0.25) is 0 Å². The number of aryl methyl sites for hydroxylation is 1. The first-order chi connectivity index (χ1) is 9.60. The van der Waals surface area contributed by atoms with Gasteiger partial charge in [-0.05, 0) is 63.0 Å². The van der Waals surface area contributed by atoms with Gasteiger partial charge in [0.15, 0.2) is 0 Å². The van der Waals surface area contributed by atoms with Crippen molar-refractivity contribution in [2.75, 3.05) is 6.54 Å². The molecule has 1 heterocycles. The van der Waals surface area contributed by atoms with Crippen LogP contribution in [0.25, 0.3) is 0 Å². The Kier molecular flexibility index (Phi) is 5.63. The Morgan fingerprint density at radius 1 is 1.25 bits per heavy atom. The molecule has 1 aromatic heterocycles. The molecule has 0 atom stereocenters. The Balaban J connectivity index is 2.07. The van der Waals surface area contributed by atoms with E-state index >= 15 is 0 Å². The summed E-state index contributed by atoms with van der Waals surface area (Å²) in [4.78, 5) is 0. The summed E-state index contributed by atoms with van der Waals surface area (Å²) in [5, 5.41) is 7.20. The number of nitrogens with one attached hydrogen (secondary N) is 1. The summed E-state index contributed by atoms with van der Waals surface area (Å²) in [6.07, 6.45) is 0. The van der Waals surface area contributed by atoms with Crippen molar-refractivity contribution in [1.82, 2.24) is 10.5 Å². The minimum Gasteiger partial charge on any atom is -0.485 e. The fraction of sp³-hybridized carbons (Fsp3) is 0.357. The second-order valence-electron chi connectivity index (χ2n) is 4.39. The highest BCUT2D eigenvalue weighted by molar-refractivity contribution is 9.11. The van der Waals surface area contributed by atoms with Crippen molar-refractivity contribution in [3.63, 3.8) is 0 Å². The Bertz CT molecular complexity index is 561. The fourth-order valence-electron chi connectivity index (χ4n) is 1.75. The van der Waals surface area contributed by atoms with Gasteiger partial charge in [0, 0.05) is 12.6 Å². The minimum absolute atomic E-state index is 0.376. The van der Waals surface area contributed by atoms with Gasteiger partial charge in [-0.1, -0.05) is 12.1 Å². The Hall–Kier alpha value is -0.850. The van der Waals surface area contributed by atoms with E-state index in [1.165, 1.54) is 5.56 Å². The quantitative estimate of drug-likeness (QED) is 0.785. The highest BCUT2D eigenvalue weighted by Crippen LogP contribution is 2.35. The normalized spacial score (nSPS) is 10.8. The van der Waals surface area contributed by atoms with E-state index in [0.29, 0.717) is 6.61 Å². The zero-order valence-corrected chi connectivity index (χ0v) is 14.5. The SMILES string of the molecule is CCNCc1cc(Br)c(OCc2cc(C)on2)c(Br)c1. The van der Waals surface area contributed by atoms with Crippen LogP contribution >= 0.6 is 31.9 Å². The van der Waals surface area contributed by atoms with Crippen LogP contribution in [0, 0.1) is 6.92 Å². The molecular formula is C14H16Br2N2O2. The number of ether oxygens (including phenoxy) is 1. The van der Waals surface area contributed by atoms with Crippen LogP contribution in [0.1, 0.15) is 23.9 Å². The van der Waals surface area contributed by atoms with Gasteiger partial charge >= 0.3 is 0 Å². The molecule has 0 spiro atoms. The standard InChI is InChI=1S/C14H16Br2N2O2/c1-3-17-7-10-5-12(15)14(13(16)6-10)19-8-11-4-9(2)20-18-11/h4-6,17H,3,7-8H2,1-2H3. The molecule has 2 rings (SSSR count). The Labute approximate surface area is 135 Å². The van der Waals surface area contributed by atoms with Crippen LogP contribution in [-0.2, 0) is 13.2 Å². The number of nitrogens with zero attached hydrogens (tertiary/aromatic N) is 1. The van der Waals surface area contributed by atoms with E-state index in [-0.39, 0.29) is 0 Å². The molecule has 108 valence electrons. The zero-order chi connectivity index (χ0) is 14.5. The number of hydrogen-bond donors (Lipinski definition) is 1. The molecule has 0 amide bonds. The van der Waals surface area contributed by atoms with Gasteiger partial charge in [0.2, 0.25) is 0 Å². The third-order valence-corrected chi connectivity index (χ3v) is 3.86. The van der Waals surface area contributed by atoms with Crippen LogP contribution in [0.5, 0.6) is 5.75 Å². The van der Waals surface area contributed by atoms with E-state index in [2.05, 4.69) is 61.4 Å². The van der Waals surface area contributed by atoms with Crippen molar-refractivity contribution in [2.24, 2.45) is 0 Å². The second kappa shape index (κ2) is 7.24. The summed E-state index contributed by atoms with van der Waals surface area (Å²) in [6, 6.07) is 5.97. The average Bonchev–Trinajstić information content (AvgIpc) is 2.81. The largest absolute Gasteiger partial charge is 0.485 e. The Morgan fingerprint density at radius 3 is 2.50 bits per heavy atom. The molecule has 0 saturated heterocycles. The lowest BCUT2D eigenvalue weighted by Gasteiger charge is -2.11.